The highest BCUT2D eigenvalue weighted by Crippen LogP contribution is 2.32. The van der Waals surface area contributed by atoms with Crippen molar-refractivity contribution in [3.8, 4) is 0 Å². The Morgan fingerprint density at radius 2 is 1.96 bits per heavy atom. The van der Waals surface area contributed by atoms with Crippen LogP contribution in [-0.2, 0) is 14.8 Å². The summed E-state index contributed by atoms with van der Waals surface area (Å²) in [7, 11) is -3.86. The summed E-state index contributed by atoms with van der Waals surface area (Å²) in [6.07, 6.45) is 7.16. The average molecular weight is 389 g/mol. The van der Waals surface area contributed by atoms with E-state index in [0.717, 1.165) is 19.3 Å². The summed E-state index contributed by atoms with van der Waals surface area (Å²) in [5.74, 6) is -0.0280. The van der Waals surface area contributed by atoms with Crippen LogP contribution in [0.15, 0.2) is 35.2 Å². The van der Waals surface area contributed by atoms with Crippen molar-refractivity contribution in [3.63, 3.8) is 0 Å². The van der Waals surface area contributed by atoms with E-state index in [0.29, 0.717) is 0 Å². The molecule has 8 heteroatoms. The summed E-state index contributed by atoms with van der Waals surface area (Å²) in [5, 5.41) is 0.112. The Morgan fingerprint density at radius 1 is 1.25 bits per heavy atom. The number of nitrogens with zero attached hydrogens (tertiary/aromatic N) is 1. The highest BCUT2D eigenvalue weighted by Gasteiger charge is 2.36. The Kier molecular flexibility index (Phi) is 5.20. The van der Waals surface area contributed by atoms with Crippen molar-refractivity contribution in [2.24, 2.45) is 0 Å². The molecule has 0 aromatic heterocycles. The number of halogens is 2. The van der Waals surface area contributed by atoms with Crippen LogP contribution in [0.2, 0.25) is 10.0 Å². The van der Waals surface area contributed by atoms with Crippen LogP contribution in [0.4, 0.5) is 0 Å². The van der Waals surface area contributed by atoms with Crippen molar-refractivity contribution >= 4 is 39.1 Å². The molecule has 5 nitrogen and oxygen atoms in total. The lowest BCUT2D eigenvalue weighted by Gasteiger charge is -2.31. The number of carbonyl (C=O) groups is 1. The van der Waals surface area contributed by atoms with Crippen LogP contribution >= 0.6 is 23.2 Å². The van der Waals surface area contributed by atoms with E-state index in [1.807, 2.05) is 4.90 Å². The largest absolute Gasteiger partial charge is 0.333 e. The zero-order chi connectivity index (χ0) is 17.3. The molecule has 24 heavy (non-hydrogen) atoms. The monoisotopic (exact) mass is 388 g/mol. The summed E-state index contributed by atoms with van der Waals surface area (Å²) in [6, 6.07) is 4.91. The Bertz CT molecular complexity index is 759. The number of rotatable bonds is 5. The second kappa shape index (κ2) is 7.04. The van der Waals surface area contributed by atoms with Gasteiger partial charge in [0.05, 0.1) is 16.1 Å². The highest BCUT2D eigenvalue weighted by atomic mass is 35.5. The lowest BCUT2D eigenvalue weighted by molar-refractivity contribution is -0.133. The molecule has 2 unspecified atom stereocenters. The Hall–Kier alpha value is -1.08. The van der Waals surface area contributed by atoms with E-state index in [1.54, 1.807) is 6.07 Å². The van der Waals surface area contributed by atoms with Crippen molar-refractivity contribution in [2.45, 2.75) is 42.7 Å². The molecule has 1 fully saturated rings. The maximum atomic E-state index is 12.4. The number of amides is 1. The lowest BCUT2D eigenvalue weighted by Crippen LogP contribution is -2.43. The smallest absolute Gasteiger partial charge is 0.243 e. The lowest BCUT2D eigenvalue weighted by atomic mass is 10.1. The van der Waals surface area contributed by atoms with Crippen molar-refractivity contribution in [3.05, 3.63) is 40.4 Å². The Morgan fingerprint density at radius 3 is 2.62 bits per heavy atom. The molecule has 0 aliphatic carbocycles. The van der Waals surface area contributed by atoms with Gasteiger partial charge in [-0.15, -0.1) is 0 Å². The summed E-state index contributed by atoms with van der Waals surface area (Å²) in [4.78, 5) is 14.2. The number of hydrogen-bond acceptors (Lipinski definition) is 3. The maximum absolute atomic E-state index is 12.4. The number of fused-ring (bicyclic) bond motifs is 2. The van der Waals surface area contributed by atoms with Crippen molar-refractivity contribution in [1.82, 2.24) is 9.62 Å². The van der Waals surface area contributed by atoms with Gasteiger partial charge in [0, 0.05) is 19.0 Å². The normalized spacial score (nSPS) is 22.8. The molecule has 0 spiro atoms. The molecule has 3 rings (SSSR count). The van der Waals surface area contributed by atoms with Crippen LogP contribution in [0.1, 0.15) is 25.7 Å². The third-order valence-electron chi connectivity index (χ3n) is 4.42. The maximum Gasteiger partial charge on any atom is 0.243 e. The minimum Gasteiger partial charge on any atom is -0.333 e. The van der Waals surface area contributed by atoms with Gasteiger partial charge in [-0.2, -0.15) is 0 Å². The van der Waals surface area contributed by atoms with Gasteiger partial charge in [0.2, 0.25) is 15.9 Å². The highest BCUT2D eigenvalue weighted by molar-refractivity contribution is 7.89. The molecule has 1 saturated heterocycles. The van der Waals surface area contributed by atoms with Crippen LogP contribution in [0, 0.1) is 0 Å². The first-order chi connectivity index (χ1) is 11.4. The van der Waals surface area contributed by atoms with Crippen molar-refractivity contribution < 1.29 is 13.2 Å². The number of nitrogens with one attached hydrogen (secondary N) is 1. The first-order valence-corrected chi connectivity index (χ1v) is 10.1. The standard InChI is InChI=1S/C16H18Cl2N2O3S/c17-13-5-2-6-14(18)16(13)24(22,23)19-10-9-15(21)20-11-3-1-4-12(20)8-7-11/h1-3,5-6,11-12,19H,4,7-10H2. The minimum absolute atomic E-state index is 0.0162. The molecular formula is C16H18Cl2N2O3S. The van der Waals surface area contributed by atoms with Gasteiger partial charge < -0.3 is 4.90 Å². The summed E-state index contributed by atoms with van der Waals surface area (Å²) in [5.41, 5.74) is 0. The molecule has 1 amide bonds. The second-order valence-corrected chi connectivity index (χ2v) is 8.48. The summed E-state index contributed by atoms with van der Waals surface area (Å²) >= 11 is 11.9. The van der Waals surface area contributed by atoms with Gasteiger partial charge in [0.25, 0.3) is 0 Å². The van der Waals surface area contributed by atoms with E-state index in [1.165, 1.54) is 12.1 Å². The van der Waals surface area contributed by atoms with E-state index in [-0.39, 0.29) is 45.9 Å². The van der Waals surface area contributed by atoms with Crippen molar-refractivity contribution in [2.75, 3.05) is 6.54 Å². The molecule has 1 aromatic rings. The molecule has 0 radical (unpaired) electrons. The summed E-state index contributed by atoms with van der Waals surface area (Å²) < 4.78 is 27.1. The van der Waals surface area contributed by atoms with Gasteiger partial charge >= 0.3 is 0 Å². The number of hydrogen-bond donors (Lipinski definition) is 1. The first-order valence-electron chi connectivity index (χ1n) is 7.81. The van der Waals surface area contributed by atoms with E-state index in [9.17, 15) is 13.2 Å². The molecule has 1 N–H and O–H groups in total. The fourth-order valence-corrected chi connectivity index (χ4v) is 5.52. The molecule has 1 aromatic carbocycles. The Balaban J connectivity index is 1.62. The average Bonchev–Trinajstić information content (AvgIpc) is 2.76. The zero-order valence-electron chi connectivity index (χ0n) is 12.9. The van der Waals surface area contributed by atoms with Gasteiger partial charge in [0.15, 0.2) is 0 Å². The molecule has 2 aliphatic heterocycles. The van der Waals surface area contributed by atoms with E-state index in [2.05, 4.69) is 16.9 Å². The number of sulfonamides is 1. The molecule has 2 aliphatic rings. The van der Waals surface area contributed by atoms with Crippen LogP contribution in [0.25, 0.3) is 0 Å². The Labute approximate surface area is 151 Å². The number of benzene rings is 1. The third-order valence-corrected chi connectivity index (χ3v) is 6.83. The van der Waals surface area contributed by atoms with Gasteiger partial charge in [-0.05, 0) is 31.4 Å². The topological polar surface area (TPSA) is 66.5 Å². The predicted octanol–water partition coefficient (Wildman–Crippen LogP) is 2.98. The number of carbonyl (C=O) groups excluding carboxylic acids is 1. The second-order valence-electron chi connectivity index (χ2n) is 5.96. The fourth-order valence-electron chi connectivity index (χ4n) is 3.35. The molecule has 2 bridgehead atoms. The molecule has 130 valence electrons. The quantitative estimate of drug-likeness (QED) is 0.788. The van der Waals surface area contributed by atoms with E-state index in [4.69, 9.17) is 23.2 Å². The van der Waals surface area contributed by atoms with Crippen molar-refractivity contribution in [1.29, 1.82) is 0 Å². The molecule has 2 heterocycles. The van der Waals surface area contributed by atoms with Gasteiger partial charge in [-0.25, -0.2) is 13.1 Å². The van der Waals surface area contributed by atoms with E-state index >= 15 is 0 Å². The molecule has 0 saturated carbocycles. The van der Waals surface area contributed by atoms with E-state index < -0.39 is 10.0 Å². The molecule has 2 atom stereocenters. The van der Waals surface area contributed by atoms with Gasteiger partial charge in [0.1, 0.15) is 4.90 Å². The third kappa shape index (κ3) is 3.47. The minimum atomic E-state index is -3.86. The van der Waals surface area contributed by atoms with Crippen LogP contribution in [0.3, 0.4) is 0 Å². The SMILES string of the molecule is O=C(CCNS(=O)(=O)c1c(Cl)cccc1Cl)N1C2C=CCC1CC2. The fraction of sp³-hybridized carbons (Fsp3) is 0.438. The van der Waals surface area contributed by atoms with Gasteiger partial charge in [-0.1, -0.05) is 41.4 Å². The predicted molar refractivity (Wildman–Crippen MR) is 93.7 cm³/mol. The van der Waals surface area contributed by atoms with Gasteiger partial charge in [-0.3, -0.25) is 4.79 Å². The molecular weight excluding hydrogens is 371 g/mol. The van der Waals surface area contributed by atoms with Crippen LogP contribution < -0.4 is 4.72 Å². The van der Waals surface area contributed by atoms with Crippen LogP contribution in [-0.4, -0.2) is 37.9 Å². The van der Waals surface area contributed by atoms with Crippen LogP contribution in [0.5, 0.6) is 0 Å². The zero-order valence-corrected chi connectivity index (χ0v) is 15.2. The summed E-state index contributed by atoms with van der Waals surface area (Å²) in [6.45, 7) is 0.0162. The first kappa shape index (κ1) is 17.7.